The van der Waals surface area contributed by atoms with Crippen molar-refractivity contribution in [3.05, 3.63) is 11.6 Å². The first-order chi connectivity index (χ1) is 13.0. The van der Waals surface area contributed by atoms with Crippen molar-refractivity contribution in [1.29, 1.82) is 0 Å². The van der Waals surface area contributed by atoms with Gasteiger partial charge in [-0.3, -0.25) is 14.4 Å². The van der Waals surface area contributed by atoms with Crippen LogP contribution in [0.1, 0.15) is 65.2 Å². The second kappa shape index (κ2) is 11.0. The predicted molar refractivity (Wildman–Crippen MR) is 104 cm³/mol. The summed E-state index contributed by atoms with van der Waals surface area (Å²) in [6.07, 6.45) is 6.93. The molecule has 0 unspecified atom stereocenters. The minimum atomic E-state index is -0.788. The Bertz CT molecular complexity index is 612. The van der Waals surface area contributed by atoms with Crippen molar-refractivity contribution in [1.82, 2.24) is 10.3 Å². The zero-order valence-corrected chi connectivity index (χ0v) is 16.8. The van der Waals surface area contributed by atoms with Crippen molar-refractivity contribution >= 4 is 34.3 Å². The van der Waals surface area contributed by atoms with Crippen molar-refractivity contribution in [2.24, 2.45) is 5.92 Å². The van der Waals surface area contributed by atoms with Gasteiger partial charge in [-0.1, -0.05) is 33.1 Å². The number of ether oxygens (including phenoxy) is 1. The molecule has 27 heavy (non-hydrogen) atoms. The number of carbonyl (C=O) groups is 3. The molecule has 1 fully saturated rings. The molecule has 0 aromatic carbocycles. The molecular weight excluding hydrogens is 366 g/mol. The van der Waals surface area contributed by atoms with E-state index in [1.807, 2.05) is 13.8 Å². The number of hydrogen-bond acceptors (Lipinski definition) is 6. The Labute approximate surface area is 164 Å². The van der Waals surface area contributed by atoms with Gasteiger partial charge in [-0.25, -0.2) is 4.98 Å². The lowest BCUT2D eigenvalue weighted by Crippen LogP contribution is -2.46. The maximum absolute atomic E-state index is 12.5. The van der Waals surface area contributed by atoms with Crippen molar-refractivity contribution in [3.63, 3.8) is 0 Å². The highest BCUT2D eigenvalue weighted by molar-refractivity contribution is 7.13. The van der Waals surface area contributed by atoms with E-state index in [0.717, 1.165) is 25.7 Å². The molecule has 0 radical (unpaired) electrons. The van der Waals surface area contributed by atoms with Gasteiger partial charge >= 0.3 is 5.97 Å². The number of nitrogens with one attached hydrogen (secondary N) is 2. The average molecular weight is 396 g/mol. The van der Waals surface area contributed by atoms with Crippen LogP contribution < -0.4 is 10.6 Å². The molecule has 1 aromatic heterocycles. The third-order valence-corrected chi connectivity index (χ3v) is 5.23. The third kappa shape index (κ3) is 7.66. The first kappa shape index (κ1) is 21.3. The average Bonchev–Trinajstić information content (AvgIpc) is 3.13. The zero-order valence-electron chi connectivity index (χ0n) is 16.0. The number of amides is 2. The van der Waals surface area contributed by atoms with Crippen LogP contribution in [-0.4, -0.2) is 34.9 Å². The van der Waals surface area contributed by atoms with Crippen LogP contribution in [0.15, 0.2) is 11.6 Å². The molecule has 0 spiro atoms. The Hall–Kier alpha value is -1.96. The molecule has 0 saturated heterocycles. The summed E-state index contributed by atoms with van der Waals surface area (Å²) in [7, 11) is 0. The van der Waals surface area contributed by atoms with Gasteiger partial charge in [0.05, 0.1) is 0 Å². The van der Waals surface area contributed by atoms with E-state index >= 15 is 0 Å². The molecular formula is C19H29N3O4S. The first-order valence-corrected chi connectivity index (χ1v) is 10.5. The van der Waals surface area contributed by atoms with Gasteiger partial charge in [-0.15, -0.1) is 11.3 Å². The predicted octanol–water partition coefficient (Wildman–Crippen LogP) is 3.27. The van der Waals surface area contributed by atoms with E-state index in [1.54, 1.807) is 11.6 Å². The molecule has 1 atom stereocenters. The summed E-state index contributed by atoms with van der Waals surface area (Å²) in [6, 6.07) is 0.181. The highest BCUT2D eigenvalue weighted by Crippen LogP contribution is 2.18. The van der Waals surface area contributed by atoms with Crippen LogP contribution >= 0.6 is 11.3 Å². The van der Waals surface area contributed by atoms with Gasteiger partial charge in [0, 0.05) is 30.5 Å². The van der Waals surface area contributed by atoms with Crippen LogP contribution in [0, 0.1) is 5.92 Å². The molecule has 1 aliphatic carbocycles. The number of thiazole rings is 1. The molecule has 0 aliphatic heterocycles. The van der Waals surface area contributed by atoms with Crippen molar-refractivity contribution in [3.8, 4) is 0 Å². The summed E-state index contributed by atoms with van der Waals surface area (Å²) in [4.78, 5) is 40.4. The van der Waals surface area contributed by atoms with Gasteiger partial charge in [0.25, 0.3) is 5.91 Å². The number of hydrogen-bond donors (Lipinski definition) is 2. The normalized spacial score (nSPS) is 16.0. The van der Waals surface area contributed by atoms with Crippen LogP contribution in [0.3, 0.4) is 0 Å². The highest BCUT2D eigenvalue weighted by atomic mass is 32.1. The van der Waals surface area contributed by atoms with Crippen LogP contribution in [0.4, 0.5) is 5.13 Å². The maximum Gasteiger partial charge on any atom is 0.306 e. The van der Waals surface area contributed by atoms with Crippen molar-refractivity contribution < 1.29 is 19.1 Å². The monoisotopic (exact) mass is 395 g/mol. The SMILES string of the molecule is CC(C)[C@@H](OC(=O)CCCC(=O)Nc1nccs1)C(=O)NC1CCCCC1. The molecule has 2 rings (SSSR count). The van der Waals surface area contributed by atoms with Crippen LogP contribution in [0.2, 0.25) is 0 Å². The Morgan fingerprint density at radius 1 is 1.22 bits per heavy atom. The molecule has 8 heteroatoms. The van der Waals surface area contributed by atoms with Crippen molar-refractivity contribution in [2.75, 3.05) is 5.32 Å². The standard InChI is InChI=1S/C19H29N3O4S/c1-13(2)17(18(25)21-14-7-4-3-5-8-14)26-16(24)10-6-9-15(23)22-19-20-11-12-27-19/h11-14,17H,3-10H2,1-2H3,(H,21,25)(H,20,22,23)/t17-/m1/s1. The lowest BCUT2D eigenvalue weighted by atomic mass is 9.95. The fourth-order valence-electron chi connectivity index (χ4n) is 3.08. The summed E-state index contributed by atoms with van der Waals surface area (Å²) in [5, 5.41) is 8.01. The Morgan fingerprint density at radius 2 is 1.96 bits per heavy atom. The Morgan fingerprint density at radius 3 is 2.59 bits per heavy atom. The van der Waals surface area contributed by atoms with E-state index in [-0.39, 0.29) is 36.6 Å². The quantitative estimate of drug-likeness (QED) is 0.626. The molecule has 1 aromatic rings. The summed E-state index contributed by atoms with van der Waals surface area (Å²) < 4.78 is 5.41. The largest absolute Gasteiger partial charge is 0.452 e. The number of carbonyl (C=O) groups excluding carboxylic acids is 3. The number of anilines is 1. The minimum Gasteiger partial charge on any atom is -0.452 e. The number of nitrogens with zero attached hydrogens (tertiary/aromatic N) is 1. The minimum absolute atomic E-state index is 0.102. The Balaban J connectivity index is 1.71. The molecule has 7 nitrogen and oxygen atoms in total. The molecule has 2 amide bonds. The zero-order chi connectivity index (χ0) is 19.6. The molecule has 150 valence electrons. The first-order valence-electron chi connectivity index (χ1n) is 9.65. The number of esters is 1. The number of rotatable bonds is 9. The summed E-state index contributed by atoms with van der Waals surface area (Å²) >= 11 is 1.34. The fraction of sp³-hybridized carbons (Fsp3) is 0.684. The van der Waals surface area contributed by atoms with E-state index in [1.165, 1.54) is 17.8 Å². The molecule has 2 N–H and O–H groups in total. The number of aromatic nitrogens is 1. The molecule has 0 bridgehead atoms. The van der Waals surface area contributed by atoms with Crippen LogP contribution in [0.25, 0.3) is 0 Å². The maximum atomic E-state index is 12.5. The lowest BCUT2D eigenvalue weighted by molar-refractivity contribution is -0.159. The summed E-state index contributed by atoms with van der Waals surface area (Å²) in [5.74, 6) is -0.958. The second-order valence-electron chi connectivity index (χ2n) is 7.24. The van der Waals surface area contributed by atoms with Gasteiger partial charge < -0.3 is 15.4 Å². The van der Waals surface area contributed by atoms with Crippen LogP contribution in [-0.2, 0) is 19.1 Å². The summed E-state index contributed by atoms with van der Waals surface area (Å²) in [6.45, 7) is 3.72. The second-order valence-corrected chi connectivity index (χ2v) is 8.13. The van der Waals surface area contributed by atoms with E-state index in [4.69, 9.17) is 4.74 Å². The molecule has 1 saturated carbocycles. The highest BCUT2D eigenvalue weighted by Gasteiger charge is 2.28. The van der Waals surface area contributed by atoms with E-state index in [2.05, 4.69) is 15.6 Å². The van der Waals surface area contributed by atoms with Gasteiger partial charge in [0.15, 0.2) is 11.2 Å². The van der Waals surface area contributed by atoms with Crippen molar-refractivity contribution in [2.45, 2.75) is 77.4 Å². The fourth-order valence-corrected chi connectivity index (χ4v) is 3.63. The molecule has 1 heterocycles. The third-order valence-electron chi connectivity index (χ3n) is 4.54. The van der Waals surface area contributed by atoms with Crippen LogP contribution in [0.5, 0.6) is 0 Å². The summed E-state index contributed by atoms with van der Waals surface area (Å²) in [5.41, 5.74) is 0. The van der Waals surface area contributed by atoms with E-state index in [9.17, 15) is 14.4 Å². The molecule has 1 aliphatic rings. The van der Waals surface area contributed by atoms with Gasteiger partial charge in [0.2, 0.25) is 5.91 Å². The van der Waals surface area contributed by atoms with Gasteiger partial charge in [-0.2, -0.15) is 0 Å². The Kier molecular flexibility index (Phi) is 8.71. The smallest absolute Gasteiger partial charge is 0.306 e. The van der Waals surface area contributed by atoms with Gasteiger partial charge in [0.1, 0.15) is 0 Å². The lowest BCUT2D eigenvalue weighted by Gasteiger charge is -2.27. The van der Waals surface area contributed by atoms with E-state index < -0.39 is 12.1 Å². The van der Waals surface area contributed by atoms with Gasteiger partial charge in [-0.05, 0) is 25.2 Å². The topological polar surface area (TPSA) is 97.4 Å². The van der Waals surface area contributed by atoms with E-state index in [0.29, 0.717) is 11.6 Å².